The Hall–Kier alpha value is -4.60. The highest BCUT2D eigenvalue weighted by Crippen LogP contribution is 2.33. The predicted molar refractivity (Wildman–Crippen MR) is 160 cm³/mol. The molecule has 41 heavy (non-hydrogen) atoms. The van der Waals surface area contributed by atoms with Crippen molar-refractivity contribution in [3.05, 3.63) is 116 Å². The number of furan rings is 1. The number of fused-ring (bicyclic) bond motifs is 3. The van der Waals surface area contributed by atoms with Crippen LogP contribution in [-0.2, 0) is 6.61 Å². The van der Waals surface area contributed by atoms with Crippen molar-refractivity contribution in [3.63, 3.8) is 0 Å². The molecule has 0 spiro atoms. The van der Waals surface area contributed by atoms with Crippen molar-refractivity contribution < 1.29 is 18.6 Å². The average Bonchev–Trinajstić information content (AvgIpc) is 3.62. The van der Waals surface area contributed by atoms with Crippen LogP contribution in [0.1, 0.15) is 11.1 Å². The molecule has 1 aliphatic rings. The maximum atomic E-state index is 13.6. The van der Waals surface area contributed by atoms with Gasteiger partial charge in [0.15, 0.2) is 17.3 Å². The van der Waals surface area contributed by atoms with Gasteiger partial charge in [-0.05, 0) is 72.3 Å². The molecule has 0 aliphatic carbocycles. The lowest BCUT2D eigenvalue weighted by Gasteiger charge is -2.11. The topological polar surface area (TPSA) is 88.1 Å². The first kappa shape index (κ1) is 25.4. The van der Waals surface area contributed by atoms with Crippen LogP contribution in [0.5, 0.6) is 17.2 Å². The molecule has 202 valence electrons. The van der Waals surface area contributed by atoms with Gasteiger partial charge in [-0.1, -0.05) is 45.7 Å². The predicted octanol–water partition coefficient (Wildman–Crippen LogP) is 7.42. The van der Waals surface area contributed by atoms with Gasteiger partial charge in [-0.2, -0.15) is 9.78 Å². The third kappa shape index (κ3) is 4.94. The number of hydrogen-bond acceptors (Lipinski definition) is 7. The van der Waals surface area contributed by atoms with Crippen LogP contribution in [0.25, 0.3) is 33.5 Å². The highest BCUT2D eigenvalue weighted by atomic mass is 79.9. The molecule has 2 aromatic heterocycles. The summed E-state index contributed by atoms with van der Waals surface area (Å²) in [5.41, 5.74) is 2.35. The molecular weight excluding hydrogens is 610 g/mol. The van der Waals surface area contributed by atoms with E-state index in [-0.39, 0.29) is 24.8 Å². The first-order chi connectivity index (χ1) is 20.0. The van der Waals surface area contributed by atoms with Crippen LogP contribution in [0.3, 0.4) is 0 Å². The van der Waals surface area contributed by atoms with Crippen molar-refractivity contribution in [1.82, 2.24) is 9.66 Å². The van der Waals surface area contributed by atoms with Crippen LogP contribution in [0.15, 0.2) is 104 Å². The minimum absolute atomic E-state index is 0.202. The van der Waals surface area contributed by atoms with Gasteiger partial charge in [-0.15, -0.1) is 0 Å². The molecule has 0 saturated carbocycles. The van der Waals surface area contributed by atoms with E-state index >= 15 is 0 Å². The zero-order chi connectivity index (χ0) is 27.9. The van der Waals surface area contributed by atoms with E-state index in [2.05, 4.69) is 21.0 Å². The van der Waals surface area contributed by atoms with Gasteiger partial charge >= 0.3 is 0 Å². The maximum Gasteiger partial charge on any atom is 0.282 e. The number of rotatable bonds is 6. The number of aromatic nitrogens is 2. The summed E-state index contributed by atoms with van der Waals surface area (Å²) in [7, 11) is 0. The van der Waals surface area contributed by atoms with E-state index < -0.39 is 0 Å². The average molecular weight is 629 g/mol. The summed E-state index contributed by atoms with van der Waals surface area (Å²) < 4.78 is 25.2. The van der Waals surface area contributed by atoms with Crippen LogP contribution in [-0.4, -0.2) is 22.7 Å². The standard InChI is InChI=1S/C31H19BrClN3O5/c32-21-6-9-26-19(12-21)14-29(41-26)30-35-24-4-2-1-3-23(24)31(37)36(30)34-15-20-13-22(33)7-10-25(20)38-16-18-5-8-27-28(11-18)40-17-39-27/h1-15H,16-17H2. The molecule has 4 aromatic carbocycles. The zero-order valence-electron chi connectivity index (χ0n) is 21.2. The van der Waals surface area contributed by atoms with E-state index in [1.807, 2.05) is 48.5 Å². The Kier molecular flexibility index (Phi) is 6.45. The highest BCUT2D eigenvalue weighted by molar-refractivity contribution is 9.10. The second-order valence-corrected chi connectivity index (χ2v) is 10.6. The summed E-state index contributed by atoms with van der Waals surface area (Å²) >= 11 is 9.82. The third-order valence-corrected chi connectivity index (χ3v) is 7.30. The quantitative estimate of drug-likeness (QED) is 0.179. The summed E-state index contributed by atoms with van der Waals surface area (Å²) in [5, 5.41) is 6.35. The minimum Gasteiger partial charge on any atom is -0.488 e. The lowest BCUT2D eigenvalue weighted by molar-refractivity contribution is 0.174. The molecule has 8 nitrogen and oxygen atoms in total. The second-order valence-electron chi connectivity index (χ2n) is 9.27. The molecular formula is C31H19BrClN3O5. The van der Waals surface area contributed by atoms with Crippen LogP contribution in [0.2, 0.25) is 5.02 Å². The van der Waals surface area contributed by atoms with E-state index in [0.29, 0.717) is 50.1 Å². The van der Waals surface area contributed by atoms with Gasteiger partial charge in [0.25, 0.3) is 5.56 Å². The summed E-state index contributed by atoms with van der Waals surface area (Å²) in [6.07, 6.45) is 1.53. The molecule has 0 unspecified atom stereocenters. The van der Waals surface area contributed by atoms with Gasteiger partial charge < -0.3 is 18.6 Å². The molecule has 0 amide bonds. The number of halogens is 2. The first-order valence-electron chi connectivity index (χ1n) is 12.6. The summed E-state index contributed by atoms with van der Waals surface area (Å²) in [4.78, 5) is 18.4. The van der Waals surface area contributed by atoms with Crippen molar-refractivity contribution in [3.8, 4) is 28.8 Å². The van der Waals surface area contributed by atoms with Crippen molar-refractivity contribution in [2.45, 2.75) is 6.61 Å². The van der Waals surface area contributed by atoms with Gasteiger partial charge in [-0.25, -0.2) is 4.98 Å². The normalized spacial score (nSPS) is 12.5. The lowest BCUT2D eigenvalue weighted by Crippen LogP contribution is -2.20. The van der Waals surface area contributed by atoms with Gasteiger partial charge in [-0.3, -0.25) is 4.79 Å². The molecule has 0 N–H and O–H groups in total. The Morgan fingerprint density at radius 1 is 1.00 bits per heavy atom. The Morgan fingerprint density at radius 2 is 1.88 bits per heavy atom. The van der Waals surface area contributed by atoms with E-state index in [9.17, 15) is 4.79 Å². The molecule has 0 saturated heterocycles. The zero-order valence-corrected chi connectivity index (χ0v) is 23.6. The second kappa shape index (κ2) is 10.4. The van der Waals surface area contributed by atoms with Crippen molar-refractivity contribution >= 4 is 55.6 Å². The van der Waals surface area contributed by atoms with Crippen LogP contribution >= 0.6 is 27.5 Å². The SMILES string of the molecule is O=c1c2ccccc2nc(-c2cc3cc(Br)ccc3o2)n1N=Cc1cc(Cl)ccc1OCc1ccc2c(c1)OCO2. The minimum atomic E-state index is -0.339. The van der Waals surface area contributed by atoms with E-state index in [1.165, 1.54) is 10.9 Å². The Balaban J connectivity index is 1.28. The molecule has 6 aromatic rings. The molecule has 1 aliphatic heterocycles. The number of hydrogen-bond donors (Lipinski definition) is 0. The number of para-hydroxylation sites is 1. The summed E-state index contributed by atoms with van der Waals surface area (Å²) in [6, 6.07) is 25.5. The Bertz CT molecular complexity index is 2050. The number of ether oxygens (including phenoxy) is 3. The number of nitrogens with zero attached hydrogens (tertiary/aromatic N) is 3. The Labute approximate surface area is 246 Å². The van der Waals surface area contributed by atoms with Crippen LogP contribution in [0, 0.1) is 0 Å². The molecule has 3 heterocycles. The van der Waals surface area contributed by atoms with Gasteiger partial charge in [0.2, 0.25) is 12.6 Å². The summed E-state index contributed by atoms with van der Waals surface area (Å²) in [5.74, 6) is 2.59. The molecule has 0 radical (unpaired) electrons. The van der Waals surface area contributed by atoms with Crippen molar-refractivity contribution in [1.29, 1.82) is 0 Å². The van der Waals surface area contributed by atoms with E-state index in [0.717, 1.165) is 15.4 Å². The molecule has 0 bridgehead atoms. The fourth-order valence-corrected chi connectivity index (χ4v) is 5.14. The van der Waals surface area contributed by atoms with Gasteiger partial charge in [0.05, 0.1) is 17.1 Å². The van der Waals surface area contributed by atoms with Gasteiger partial charge in [0.1, 0.15) is 17.9 Å². The Morgan fingerprint density at radius 3 is 2.80 bits per heavy atom. The first-order valence-corrected chi connectivity index (χ1v) is 13.8. The largest absolute Gasteiger partial charge is 0.488 e. The molecule has 0 fully saturated rings. The van der Waals surface area contributed by atoms with Crippen LogP contribution in [0.4, 0.5) is 0 Å². The van der Waals surface area contributed by atoms with Crippen molar-refractivity contribution in [2.75, 3.05) is 6.79 Å². The van der Waals surface area contributed by atoms with Crippen LogP contribution < -0.4 is 19.8 Å². The molecule has 0 atom stereocenters. The molecule has 10 heteroatoms. The summed E-state index contributed by atoms with van der Waals surface area (Å²) in [6.45, 7) is 0.477. The highest BCUT2D eigenvalue weighted by Gasteiger charge is 2.17. The fourth-order valence-electron chi connectivity index (χ4n) is 4.58. The maximum absolute atomic E-state index is 13.6. The van der Waals surface area contributed by atoms with Gasteiger partial charge in [0, 0.05) is 20.4 Å². The fraction of sp³-hybridized carbons (Fsp3) is 0.0645. The monoisotopic (exact) mass is 627 g/mol. The number of benzene rings is 4. The third-order valence-electron chi connectivity index (χ3n) is 6.57. The van der Waals surface area contributed by atoms with E-state index in [4.69, 9.17) is 35.2 Å². The molecule has 7 rings (SSSR count). The van der Waals surface area contributed by atoms with E-state index in [1.54, 1.807) is 36.4 Å². The van der Waals surface area contributed by atoms with Crippen molar-refractivity contribution in [2.24, 2.45) is 5.10 Å². The smallest absolute Gasteiger partial charge is 0.282 e. The lowest BCUT2D eigenvalue weighted by atomic mass is 10.2.